The van der Waals surface area contributed by atoms with Gasteiger partial charge in [-0.15, -0.1) is 12.3 Å². The Morgan fingerprint density at radius 2 is 2.00 bits per heavy atom. The van der Waals surface area contributed by atoms with Crippen LogP contribution in [0.3, 0.4) is 0 Å². The van der Waals surface area contributed by atoms with Crippen LogP contribution in [0.25, 0.3) is 0 Å². The summed E-state index contributed by atoms with van der Waals surface area (Å²) in [6.07, 6.45) is 6.25. The molecule has 0 aliphatic heterocycles. The standard InChI is InChI=1S/C13H15I/c1-3-7-13(11(2)10-14)12-8-5-4-6-9-12/h1,4-6,8-9,11,13H,7,10H2,2H3/t11-,13-/m1/s1. The molecule has 0 saturated heterocycles. The zero-order valence-corrected chi connectivity index (χ0v) is 10.6. The van der Waals surface area contributed by atoms with Crippen molar-refractivity contribution in [2.75, 3.05) is 4.43 Å². The summed E-state index contributed by atoms with van der Waals surface area (Å²) in [6.45, 7) is 2.27. The summed E-state index contributed by atoms with van der Waals surface area (Å²) in [4.78, 5) is 0. The molecule has 0 fully saturated rings. The second-order valence-corrected chi connectivity index (χ2v) is 4.44. The van der Waals surface area contributed by atoms with Crippen LogP contribution in [0.4, 0.5) is 0 Å². The first-order valence-electron chi connectivity index (χ1n) is 4.84. The van der Waals surface area contributed by atoms with E-state index in [0.717, 1.165) is 10.8 Å². The van der Waals surface area contributed by atoms with Crippen LogP contribution in [-0.2, 0) is 0 Å². The fraction of sp³-hybridized carbons (Fsp3) is 0.385. The monoisotopic (exact) mass is 298 g/mol. The molecule has 14 heavy (non-hydrogen) atoms. The highest BCUT2D eigenvalue weighted by Crippen LogP contribution is 2.28. The van der Waals surface area contributed by atoms with Gasteiger partial charge in [0.15, 0.2) is 0 Å². The highest BCUT2D eigenvalue weighted by Gasteiger charge is 2.16. The van der Waals surface area contributed by atoms with Gasteiger partial charge < -0.3 is 0 Å². The van der Waals surface area contributed by atoms with Gasteiger partial charge in [-0.2, -0.15) is 0 Å². The minimum absolute atomic E-state index is 0.512. The molecule has 1 aromatic carbocycles. The number of alkyl halides is 1. The van der Waals surface area contributed by atoms with Gasteiger partial charge in [-0.3, -0.25) is 0 Å². The average Bonchev–Trinajstić information content (AvgIpc) is 2.26. The van der Waals surface area contributed by atoms with Gasteiger partial charge in [0.1, 0.15) is 0 Å². The Morgan fingerprint density at radius 3 is 2.50 bits per heavy atom. The minimum Gasteiger partial charge on any atom is -0.120 e. The molecule has 1 aromatic rings. The molecule has 0 aliphatic rings. The molecular weight excluding hydrogens is 283 g/mol. The molecule has 0 bridgehead atoms. The number of hydrogen-bond acceptors (Lipinski definition) is 0. The Balaban J connectivity index is 2.84. The number of hydrogen-bond donors (Lipinski definition) is 0. The van der Waals surface area contributed by atoms with Gasteiger partial charge >= 0.3 is 0 Å². The van der Waals surface area contributed by atoms with Crippen molar-refractivity contribution in [1.29, 1.82) is 0 Å². The normalized spacial score (nSPS) is 14.4. The van der Waals surface area contributed by atoms with E-state index in [9.17, 15) is 0 Å². The summed E-state index contributed by atoms with van der Waals surface area (Å²) in [5.41, 5.74) is 1.37. The summed E-state index contributed by atoms with van der Waals surface area (Å²) in [5.74, 6) is 3.94. The summed E-state index contributed by atoms with van der Waals surface area (Å²) >= 11 is 2.43. The van der Waals surface area contributed by atoms with E-state index in [-0.39, 0.29) is 0 Å². The molecule has 0 heterocycles. The smallest absolute Gasteiger partial charge is 0.0158 e. The molecule has 0 amide bonds. The first-order chi connectivity index (χ1) is 6.79. The molecule has 0 saturated carbocycles. The van der Waals surface area contributed by atoms with Crippen LogP contribution in [0, 0.1) is 18.3 Å². The van der Waals surface area contributed by atoms with Gasteiger partial charge in [-0.1, -0.05) is 59.8 Å². The third-order valence-electron chi connectivity index (χ3n) is 2.50. The van der Waals surface area contributed by atoms with Crippen molar-refractivity contribution in [3.8, 4) is 12.3 Å². The minimum atomic E-state index is 0.512. The van der Waals surface area contributed by atoms with Gasteiger partial charge in [0.25, 0.3) is 0 Å². The van der Waals surface area contributed by atoms with Gasteiger partial charge in [0.2, 0.25) is 0 Å². The highest BCUT2D eigenvalue weighted by molar-refractivity contribution is 14.1. The lowest BCUT2D eigenvalue weighted by molar-refractivity contribution is 0.522. The first kappa shape index (κ1) is 11.6. The van der Waals surface area contributed by atoms with Crippen molar-refractivity contribution in [2.24, 2.45) is 5.92 Å². The van der Waals surface area contributed by atoms with E-state index in [2.05, 4.69) is 59.7 Å². The fourth-order valence-corrected chi connectivity index (χ4v) is 2.20. The van der Waals surface area contributed by atoms with E-state index >= 15 is 0 Å². The van der Waals surface area contributed by atoms with E-state index in [1.165, 1.54) is 5.56 Å². The van der Waals surface area contributed by atoms with Gasteiger partial charge in [0.05, 0.1) is 0 Å². The molecule has 0 aliphatic carbocycles. The SMILES string of the molecule is C#CC[C@@H](c1ccccc1)[C@H](C)CI. The molecule has 0 unspecified atom stereocenters. The van der Waals surface area contributed by atoms with Crippen molar-refractivity contribution in [2.45, 2.75) is 19.3 Å². The number of halogens is 1. The van der Waals surface area contributed by atoms with Gasteiger partial charge in [-0.05, 0) is 17.4 Å². The third kappa shape index (κ3) is 3.02. The van der Waals surface area contributed by atoms with E-state index in [4.69, 9.17) is 6.42 Å². The van der Waals surface area contributed by atoms with Crippen LogP contribution in [-0.4, -0.2) is 4.43 Å². The van der Waals surface area contributed by atoms with Crippen LogP contribution in [0.2, 0.25) is 0 Å². The Labute approximate surface area is 100 Å². The van der Waals surface area contributed by atoms with Crippen molar-refractivity contribution < 1.29 is 0 Å². The molecular formula is C13H15I. The van der Waals surface area contributed by atoms with E-state index in [0.29, 0.717) is 11.8 Å². The molecule has 74 valence electrons. The van der Waals surface area contributed by atoms with E-state index in [1.807, 2.05) is 6.07 Å². The van der Waals surface area contributed by atoms with Crippen molar-refractivity contribution in [3.05, 3.63) is 35.9 Å². The number of terminal acetylenes is 1. The van der Waals surface area contributed by atoms with Crippen molar-refractivity contribution >= 4 is 22.6 Å². The van der Waals surface area contributed by atoms with Crippen LogP contribution < -0.4 is 0 Å². The van der Waals surface area contributed by atoms with E-state index < -0.39 is 0 Å². The zero-order chi connectivity index (χ0) is 10.4. The summed E-state index contributed by atoms with van der Waals surface area (Å²) in [6, 6.07) is 10.6. The molecule has 0 N–H and O–H groups in total. The maximum absolute atomic E-state index is 5.41. The Bertz CT molecular complexity index is 297. The number of rotatable bonds is 4. The van der Waals surface area contributed by atoms with Crippen LogP contribution in [0.1, 0.15) is 24.8 Å². The fourth-order valence-electron chi connectivity index (χ4n) is 1.58. The first-order valence-corrected chi connectivity index (χ1v) is 6.36. The lowest BCUT2D eigenvalue weighted by Gasteiger charge is -2.20. The molecule has 0 radical (unpaired) electrons. The Kier molecular flexibility index (Phi) is 5.03. The Morgan fingerprint density at radius 1 is 1.36 bits per heavy atom. The van der Waals surface area contributed by atoms with Gasteiger partial charge in [-0.25, -0.2) is 0 Å². The maximum Gasteiger partial charge on any atom is 0.0158 e. The largest absolute Gasteiger partial charge is 0.120 e. The second-order valence-electron chi connectivity index (χ2n) is 3.56. The number of benzene rings is 1. The Hall–Kier alpha value is -0.490. The van der Waals surface area contributed by atoms with Crippen LogP contribution in [0.15, 0.2) is 30.3 Å². The van der Waals surface area contributed by atoms with Crippen molar-refractivity contribution in [1.82, 2.24) is 0 Å². The summed E-state index contributed by atoms with van der Waals surface area (Å²) in [7, 11) is 0. The summed E-state index contributed by atoms with van der Waals surface area (Å²) < 4.78 is 1.15. The molecule has 0 nitrogen and oxygen atoms in total. The van der Waals surface area contributed by atoms with Crippen LogP contribution >= 0.6 is 22.6 Å². The lowest BCUT2D eigenvalue weighted by atomic mass is 9.86. The maximum atomic E-state index is 5.41. The quantitative estimate of drug-likeness (QED) is 0.450. The summed E-state index contributed by atoms with van der Waals surface area (Å²) in [5, 5.41) is 0. The lowest BCUT2D eigenvalue weighted by Crippen LogP contribution is -2.10. The molecule has 1 rings (SSSR count). The molecule has 0 spiro atoms. The highest BCUT2D eigenvalue weighted by atomic mass is 127. The van der Waals surface area contributed by atoms with E-state index in [1.54, 1.807) is 0 Å². The third-order valence-corrected chi connectivity index (χ3v) is 3.89. The van der Waals surface area contributed by atoms with Gasteiger partial charge in [0, 0.05) is 10.8 Å². The van der Waals surface area contributed by atoms with Crippen molar-refractivity contribution in [3.63, 3.8) is 0 Å². The molecule has 0 aromatic heterocycles. The topological polar surface area (TPSA) is 0 Å². The zero-order valence-electron chi connectivity index (χ0n) is 8.41. The molecule has 1 heteroatoms. The van der Waals surface area contributed by atoms with Crippen LogP contribution in [0.5, 0.6) is 0 Å². The average molecular weight is 298 g/mol. The second kappa shape index (κ2) is 6.08. The predicted molar refractivity (Wildman–Crippen MR) is 70.7 cm³/mol. The predicted octanol–water partition coefficient (Wildman–Crippen LogP) is 3.86. The molecule has 2 atom stereocenters.